The van der Waals surface area contributed by atoms with E-state index in [1.54, 1.807) is 6.07 Å². The lowest BCUT2D eigenvalue weighted by Gasteiger charge is -1.88. The molecule has 0 N–H and O–H groups in total. The molecule has 0 saturated heterocycles. The van der Waals surface area contributed by atoms with Gasteiger partial charge in [-0.1, -0.05) is 0 Å². The third-order valence-electron chi connectivity index (χ3n) is 2.21. The average Bonchev–Trinajstić information content (AvgIpc) is 2.67. The molecule has 2 heteroatoms. The molecule has 1 aromatic carbocycles. The molecule has 0 bridgehead atoms. The Morgan fingerprint density at radius 2 is 2.20 bits per heavy atom. The summed E-state index contributed by atoms with van der Waals surface area (Å²) < 4.78 is 5.56. The zero-order chi connectivity index (χ0) is 10.7. The first-order valence-corrected chi connectivity index (χ1v) is 4.69. The van der Waals surface area contributed by atoms with Crippen molar-refractivity contribution in [2.24, 2.45) is 0 Å². The van der Waals surface area contributed by atoms with Crippen LogP contribution in [0.3, 0.4) is 0 Å². The van der Waals surface area contributed by atoms with E-state index in [0.29, 0.717) is 12.0 Å². The van der Waals surface area contributed by atoms with Gasteiger partial charge in [0.15, 0.2) is 0 Å². The highest BCUT2D eigenvalue weighted by atomic mass is 16.3. The van der Waals surface area contributed by atoms with Crippen LogP contribution in [0.4, 0.5) is 0 Å². The fraction of sp³-hybridized carbons (Fsp3) is 0.154. The number of aryl methyl sites for hydroxylation is 1. The molecule has 15 heavy (non-hydrogen) atoms. The van der Waals surface area contributed by atoms with E-state index < -0.39 is 0 Å². The lowest BCUT2D eigenvalue weighted by atomic mass is 10.1. The van der Waals surface area contributed by atoms with E-state index in [2.05, 4.69) is 12.0 Å². The third-order valence-corrected chi connectivity index (χ3v) is 2.21. The number of furan rings is 1. The van der Waals surface area contributed by atoms with E-state index in [1.807, 2.05) is 18.2 Å². The predicted octanol–water partition coefficient (Wildman–Crippen LogP) is 2.87. The Morgan fingerprint density at radius 3 is 2.93 bits per heavy atom. The van der Waals surface area contributed by atoms with Gasteiger partial charge in [0, 0.05) is 18.2 Å². The molecule has 0 atom stereocenters. The standard InChI is InChI=1S/C13H9NO/c1-2-3-4-12-8-11-7-10(9-14)5-6-13(11)15-12/h1,5-8H,3-4H2. The maximum atomic E-state index is 8.74. The summed E-state index contributed by atoms with van der Waals surface area (Å²) >= 11 is 0. The number of rotatable bonds is 2. The van der Waals surface area contributed by atoms with Crippen LogP contribution in [0.15, 0.2) is 28.7 Å². The first-order valence-electron chi connectivity index (χ1n) is 4.69. The van der Waals surface area contributed by atoms with Gasteiger partial charge in [0.25, 0.3) is 0 Å². The van der Waals surface area contributed by atoms with Gasteiger partial charge >= 0.3 is 0 Å². The summed E-state index contributed by atoms with van der Waals surface area (Å²) in [6.45, 7) is 0. The molecule has 0 fully saturated rings. The van der Waals surface area contributed by atoms with Crippen LogP contribution in [-0.4, -0.2) is 0 Å². The summed E-state index contributed by atoms with van der Waals surface area (Å²) in [4.78, 5) is 0. The molecular formula is C13H9NO. The highest BCUT2D eigenvalue weighted by molar-refractivity contribution is 5.79. The van der Waals surface area contributed by atoms with Crippen molar-refractivity contribution in [3.63, 3.8) is 0 Å². The number of nitrogens with zero attached hydrogens (tertiary/aromatic N) is 1. The lowest BCUT2D eigenvalue weighted by Crippen LogP contribution is -1.76. The molecule has 1 aromatic heterocycles. The molecule has 0 aliphatic heterocycles. The van der Waals surface area contributed by atoms with Crippen LogP contribution >= 0.6 is 0 Å². The number of hydrogen-bond donors (Lipinski definition) is 0. The number of terminal acetylenes is 1. The van der Waals surface area contributed by atoms with Crippen LogP contribution in [0.5, 0.6) is 0 Å². The van der Waals surface area contributed by atoms with E-state index in [0.717, 1.165) is 23.2 Å². The van der Waals surface area contributed by atoms with Gasteiger partial charge in [0.2, 0.25) is 0 Å². The molecule has 72 valence electrons. The molecule has 1 heterocycles. The van der Waals surface area contributed by atoms with Gasteiger partial charge in [-0.15, -0.1) is 12.3 Å². The lowest BCUT2D eigenvalue weighted by molar-refractivity contribution is 0.551. The van der Waals surface area contributed by atoms with Gasteiger partial charge < -0.3 is 4.42 Å². The van der Waals surface area contributed by atoms with Crippen LogP contribution < -0.4 is 0 Å². The van der Waals surface area contributed by atoms with Crippen molar-refractivity contribution in [2.45, 2.75) is 12.8 Å². The van der Waals surface area contributed by atoms with Crippen molar-refractivity contribution in [1.29, 1.82) is 5.26 Å². The summed E-state index contributed by atoms with van der Waals surface area (Å²) in [7, 11) is 0. The topological polar surface area (TPSA) is 36.9 Å². The van der Waals surface area contributed by atoms with Crippen molar-refractivity contribution < 1.29 is 4.42 Å². The molecular weight excluding hydrogens is 186 g/mol. The number of nitriles is 1. The molecule has 2 rings (SSSR count). The number of benzene rings is 1. The van der Waals surface area contributed by atoms with Crippen molar-refractivity contribution >= 4 is 11.0 Å². The Balaban J connectivity index is 2.40. The molecule has 0 spiro atoms. The molecule has 2 aromatic rings. The predicted molar refractivity (Wildman–Crippen MR) is 58.1 cm³/mol. The van der Waals surface area contributed by atoms with Crippen molar-refractivity contribution in [1.82, 2.24) is 0 Å². The van der Waals surface area contributed by atoms with E-state index in [9.17, 15) is 0 Å². The first kappa shape index (κ1) is 9.37. The number of hydrogen-bond acceptors (Lipinski definition) is 2. The summed E-state index contributed by atoms with van der Waals surface area (Å²) in [5, 5.41) is 9.70. The molecule has 0 amide bonds. The van der Waals surface area contributed by atoms with Gasteiger partial charge in [-0.25, -0.2) is 0 Å². The van der Waals surface area contributed by atoms with Crippen LogP contribution in [0, 0.1) is 23.7 Å². The molecule has 0 aliphatic rings. The summed E-state index contributed by atoms with van der Waals surface area (Å²) in [6, 6.07) is 9.41. The van der Waals surface area contributed by atoms with Crippen molar-refractivity contribution in [3.05, 3.63) is 35.6 Å². The van der Waals surface area contributed by atoms with Gasteiger partial charge in [-0.3, -0.25) is 0 Å². The van der Waals surface area contributed by atoms with Gasteiger partial charge in [-0.2, -0.15) is 5.26 Å². The maximum absolute atomic E-state index is 8.74. The second-order valence-electron chi connectivity index (χ2n) is 3.28. The zero-order valence-electron chi connectivity index (χ0n) is 8.16. The maximum Gasteiger partial charge on any atom is 0.134 e. The minimum atomic E-state index is 0.645. The van der Waals surface area contributed by atoms with Gasteiger partial charge in [0.1, 0.15) is 11.3 Å². The smallest absolute Gasteiger partial charge is 0.134 e. The van der Waals surface area contributed by atoms with Crippen molar-refractivity contribution in [2.75, 3.05) is 0 Å². The van der Waals surface area contributed by atoms with E-state index >= 15 is 0 Å². The monoisotopic (exact) mass is 195 g/mol. The Kier molecular flexibility index (Phi) is 2.44. The Hall–Kier alpha value is -2.19. The zero-order valence-corrected chi connectivity index (χ0v) is 8.16. The highest BCUT2D eigenvalue weighted by Crippen LogP contribution is 2.21. The average molecular weight is 195 g/mol. The van der Waals surface area contributed by atoms with E-state index in [4.69, 9.17) is 16.1 Å². The number of fused-ring (bicyclic) bond motifs is 1. The van der Waals surface area contributed by atoms with E-state index in [-0.39, 0.29) is 0 Å². The second-order valence-corrected chi connectivity index (χ2v) is 3.28. The fourth-order valence-electron chi connectivity index (χ4n) is 1.49. The summed E-state index contributed by atoms with van der Waals surface area (Å²) in [6.07, 6.45) is 6.60. The molecule has 0 radical (unpaired) electrons. The molecule has 0 aliphatic carbocycles. The molecule has 0 saturated carbocycles. The Morgan fingerprint density at radius 1 is 1.33 bits per heavy atom. The minimum absolute atomic E-state index is 0.645. The van der Waals surface area contributed by atoms with Gasteiger partial charge in [-0.05, 0) is 24.3 Å². The van der Waals surface area contributed by atoms with Crippen molar-refractivity contribution in [3.8, 4) is 18.4 Å². The second kappa shape index (κ2) is 3.90. The van der Waals surface area contributed by atoms with Crippen LogP contribution in [0.1, 0.15) is 17.7 Å². The normalized spacial score (nSPS) is 9.73. The summed E-state index contributed by atoms with van der Waals surface area (Å²) in [5.41, 5.74) is 1.45. The van der Waals surface area contributed by atoms with Crippen LogP contribution in [0.25, 0.3) is 11.0 Å². The van der Waals surface area contributed by atoms with Crippen LogP contribution in [0.2, 0.25) is 0 Å². The summed E-state index contributed by atoms with van der Waals surface area (Å²) in [5.74, 6) is 3.44. The molecule has 0 unspecified atom stereocenters. The first-order chi connectivity index (χ1) is 7.33. The minimum Gasteiger partial charge on any atom is -0.461 e. The van der Waals surface area contributed by atoms with Crippen LogP contribution in [-0.2, 0) is 6.42 Å². The Bertz CT molecular complexity index is 566. The van der Waals surface area contributed by atoms with Gasteiger partial charge in [0.05, 0.1) is 11.6 Å². The largest absolute Gasteiger partial charge is 0.461 e. The Labute approximate surface area is 88.1 Å². The van der Waals surface area contributed by atoms with E-state index in [1.165, 1.54) is 0 Å². The SMILES string of the molecule is C#CCCc1cc2cc(C#N)ccc2o1. The quantitative estimate of drug-likeness (QED) is 0.691. The molecule has 2 nitrogen and oxygen atoms in total. The highest BCUT2D eigenvalue weighted by Gasteiger charge is 2.03. The fourth-order valence-corrected chi connectivity index (χ4v) is 1.49. The third kappa shape index (κ3) is 1.85.